The molecule has 0 saturated carbocycles. The van der Waals surface area contributed by atoms with Crippen molar-refractivity contribution in [3.63, 3.8) is 0 Å². The van der Waals surface area contributed by atoms with Crippen LogP contribution >= 0.6 is 0 Å². The van der Waals surface area contributed by atoms with Gasteiger partial charge >= 0.3 is 0 Å². The van der Waals surface area contributed by atoms with Crippen LogP contribution in [0, 0.1) is 13.8 Å². The second-order valence-corrected chi connectivity index (χ2v) is 7.37. The molecule has 0 aliphatic rings. The number of aromatic nitrogens is 3. The van der Waals surface area contributed by atoms with Crippen molar-refractivity contribution in [3.05, 3.63) is 77.6 Å². The van der Waals surface area contributed by atoms with Crippen molar-refractivity contribution in [1.29, 1.82) is 0 Å². The Balaban J connectivity index is 1.42. The van der Waals surface area contributed by atoms with Gasteiger partial charge in [0.2, 0.25) is 0 Å². The lowest BCUT2D eigenvalue weighted by Crippen LogP contribution is -2.44. The second kappa shape index (κ2) is 8.89. The number of aryl methyl sites for hydroxylation is 3. The van der Waals surface area contributed by atoms with Gasteiger partial charge in [0.25, 0.3) is 11.8 Å². The fourth-order valence-electron chi connectivity index (χ4n) is 3.57. The number of hydrogen-bond donors (Lipinski definition) is 2. The minimum Gasteiger partial charge on any atom is -0.483 e. The van der Waals surface area contributed by atoms with E-state index >= 15 is 0 Å². The molecule has 2 aromatic heterocycles. The number of rotatable bonds is 5. The lowest BCUT2D eigenvalue weighted by atomic mass is 10.1. The van der Waals surface area contributed by atoms with Crippen LogP contribution in [0.25, 0.3) is 22.2 Å². The number of carbonyl (C=O) groups excluding carboxylic acids is 2. The molecule has 2 N–H and O–H groups in total. The van der Waals surface area contributed by atoms with Gasteiger partial charge in [-0.1, -0.05) is 48.5 Å². The Morgan fingerprint density at radius 2 is 1.72 bits per heavy atom. The molecule has 0 bridgehead atoms. The molecule has 8 heteroatoms. The van der Waals surface area contributed by atoms with Gasteiger partial charge in [-0.15, -0.1) is 0 Å². The van der Waals surface area contributed by atoms with Crippen molar-refractivity contribution >= 4 is 22.8 Å². The molecule has 4 rings (SSSR count). The summed E-state index contributed by atoms with van der Waals surface area (Å²) in [6, 6.07) is 18.9. The third kappa shape index (κ3) is 4.29. The summed E-state index contributed by atoms with van der Waals surface area (Å²) in [5.74, 6) is -0.349. The Kier molecular flexibility index (Phi) is 5.85. The van der Waals surface area contributed by atoms with E-state index in [0.717, 1.165) is 11.1 Å². The number of carbonyl (C=O) groups is 2. The fraction of sp³-hybridized carbons (Fsp3) is 0.167. The third-order valence-electron chi connectivity index (χ3n) is 4.99. The molecule has 32 heavy (non-hydrogen) atoms. The van der Waals surface area contributed by atoms with Crippen LogP contribution in [-0.2, 0) is 11.8 Å². The van der Waals surface area contributed by atoms with Crippen molar-refractivity contribution in [2.75, 3.05) is 6.61 Å². The summed E-state index contributed by atoms with van der Waals surface area (Å²) in [5, 5.41) is 4.98. The van der Waals surface area contributed by atoms with Crippen molar-refractivity contribution in [2.45, 2.75) is 13.8 Å². The zero-order valence-corrected chi connectivity index (χ0v) is 18.0. The van der Waals surface area contributed by atoms with Crippen LogP contribution in [0.5, 0.6) is 5.75 Å². The Bertz CT molecular complexity index is 1300. The number of hydrazine groups is 1. The highest BCUT2D eigenvalue weighted by Crippen LogP contribution is 2.29. The summed E-state index contributed by atoms with van der Waals surface area (Å²) in [4.78, 5) is 29.5. The first-order chi connectivity index (χ1) is 15.4. The molecule has 0 unspecified atom stereocenters. The highest BCUT2D eigenvalue weighted by molar-refractivity contribution is 6.07. The first-order valence-electron chi connectivity index (χ1n) is 10.1. The number of amides is 2. The summed E-state index contributed by atoms with van der Waals surface area (Å²) in [5.41, 5.74) is 9.11. The van der Waals surface area contributed by atoms with Gasteiger partial charge in [-0.25, -0.2) is 4.98 Å². The third-order valence-corrected chi connectivity index (χ3v) is 4.99. The second-order valence-electron chi connectivity index (χ2n) is 7.37. The van der Waals surface area contributed by atoms with Gasteiger partial charge in [0.05, 0.1) is 16.6 Å². The Labute approximate surface area is 185 Å². The highest BCUT2D eigenvalue weighted by Gasteiger charge is 2.18. The van der Waals surface area contributed by atoms with Crippen LogP contribution in [0.3, 0.4) is 0 Å². The molecule has 0 fully saturated rings. The number of nitrogens with one attached hydrogen (secondary N) is 2. The summed E-state index contributed by atoms with van der Waals surface area (Å²) < 4.78 is 7.35. The quantitative estimate of drug-likeness (QED) is 0.475. The summed E-state index contributed by atoms with van der Waals surface area (Å²) in [7, 11) is 1.77. The fourth-order valence-corrected chi connectivity index (χ4v) is 3.57. The minimum atomic E-state index is -0.480. The van der Waals surface area contributed by atoms with Crippen LogP contribution in [-0.4, -0.2) is 33.2 Å². The molecule has 4 aromatic rings. The van der Waals surface area contributed by atoms with E-state index in [1.165, 1.54) is 0 Å². The van der Waals surface area contributed by atoms with Gasteiger partial charge in [0.1, 0.15) is 5.75 Å². The predicted molar refractivity (Wildman–Crippen MR) is 121 cm³/mol. The molecule has 2 heterocycles. The number of hydrogen-bond acceptors (Lipinski definition) is 5. The van der Waals surface area contributed by atoms with E-state index in [2.05, 4.69) is 20.9 Å². The minimum absolute atomic E-state index is 0.249. The van der Waals surface area contributed by atoms with Crippen molar-refractivity contribution in [3.8, 4) is 16.9 Å². The Hall–Kier alpha value is -4.20. The monoisotopic (exact) mass is 429 g/mol. The molecular formula is C24H23N5O3. The first kappa shape index (κ1) is 21.0. The Morgan fingerprint density at radius 3 is 2.50 bits per heavy atom. The first-order valence-corrected chi connectivity index (χ1v) is 10.1. The van der Waals surface area contributed by atoms with Crippen LogP contribution in [0.15, 0.2) is 60.7 Å². The maximum absolute atomic E-state index is 12.8. The average molecular weight is 429 g/mol. The van der Waals surface area contributed by atoms with Crippen LogP contribution in [0.1, 0.15) is 21.7 Å². The maximum Gasteiger partial charge on any atom is 0.276 e. The molecule has 2 amide bonds. The van der Waals surface area contributed by atoms with Gasteiger partial charge in [0, 0.05) is 18.3 Å². The van der Waals surface area contributed by atoms with Gasteiger partial charge in [-0.3, -0.25) is 25.1 Å². The number of nitrogens with zero attached hydrogens (tertiary/aromatic N) is 3. The van der Waals surface area contributed by atoms with Crippen LogP contribution < -0.4 is 15.6 Å². The molecule has 8 nitrogen and oxygen atoms in total. The number of ether oxygens (including phenoxy) is 1. The topological polar surface area (TPSA) is 98.1 Å². The lowest BCUT2D eigenvalue weighted by molar-refractivity contribution is -0.123. The zero-order chi connectivity index (χ0) is 22.7. The van der Waals surface area contributed by atoms with E-state index in [0.29, 0.717) is 33.7 Å². The van der Waals surface area contributed by atoms with E-state index in [9.17, 15) is 9.59 Å². The van der Waals surface area contributed by atoms with E-state index < -0.39 is 11.8 Å². The normalized spacial score (nSPS) is 10.7. The van der Waals surface area contributed by atoms with Crippen LogP contribution in [0.4, 0.5) is 0 Å². The molecule has 162 valence electrons. The molecular weight excluding hydrogens is 406 g/mol. The molecule has 0 aliphatic carbocycles. The molecule has 0 radical (unpaired) electrons. The number of fused-ring (bicyclic) bond motifs is 1. The largest absolute Gasteiger partial charge is 0.483 e. The van der Waals surface area contributed by atoms with E-state index in [1.807, 2.05) is 55.5 Å². The maximum atomic E-state index is 12.8. The Morgan fingerprint density at radius 1 is 1.00 bits per heavy atom. The summed E-state index contributed by atoms with van der Waals surface area (Å²) in [6.45, 7) is 3.36. The molecule has 0 saturated heterocycles. The van der Waals surface area contributed by atoms with Gasteiger partial charge in [-0.2, -0.15) is 5.10 Å². The molecule has 2 aromatic carbocycles. The number of pyridine rings is 1. The van der Waals surface area contributed by atoms with Gasteiger partial charge in [0.15, 0.2) is 12.3 Å². The van der Waals surface area contributed by atoms with Crippen LogP contribution in [0.2, 0.25) is 0 Å². The lowest BCUT2D eigenvalue weighted by Gasteiger charge is -2.12. The van der Waals surface area contributed by atoms with Crippen molar-refractivity contribution in [2.24, 2.45) is 7.05 Å². The number of para-hydroxylation sites is 1. The van der Waals surface area contributed by atoms with E-state index in [-0.39, 0.29) is 6.61 Å². The summed E-state index contributed by atoms with van der Waals surface area (Å²) >= 11 is 0. The average Bonchev–Trinajstić information content (AvgIpc) is 3.09. The molecule has 0 atom stereocenters. The predicted octanol–water partition coefficient (Wildman–Crippen LogP) is 3.09. The van der Waals surface area contributed by atoms with E-state index in [4.69, 9.17) is 4.74 Å². The van der Waals surface area contributed by atoms with Crippen molar-refractivity contribution < 1.29 is 14.3 Å². The standard InChI is InChI=1S/C24H23N5O3/c1-15-13-19(22-16(2)28-29(3)23(22)25-15)24(31)27-26-21(30)14-32-20-12-8-7-11-18(20)17-9-5-4-6-10-17/h4-13H,14H2,1-3H3,(H,26,30)(H,27,31). The molecule has 0 spiro atoms. The van der Waals surface area contributed by atoms with Gasteiger partial charge < -0.3 is 4.74 Å². The smallest absolute Gasteiger partial charge is 0.276 e. The zero-order valence-electron chi connectivity index (χ0n) is 18.0. The highest BCUT2D eigenvalue weighted by atomic mass is 16.5. The number of benzene rings is 2. The van der Waals surface area contributed by atoms with E-state index in [1.54, 1.807) is 30.8 Å². The SMILES string of the molecule is Cc1cc(C(=O)NNC(=O)COc2ccccc2-c2ccccc2)c2c(C)nn(C)c2n1. The molecule has 0 aliphatic heterocycles. The van der Waals surface area contributed by atoms with Crippen molar-refractivity contribution in [1.82, 2.24) is 25.6 Å². The van der Waals surface area contributed by atoms with Gasteiger partial charge in [-0.05, 0) is 31.5 Å². The summed E-state index contributed by atoms with van der Waals surface area (Å²) in [6.07, 6.45) is 0.